The predicted molar refractivity (Wildman–Crippen MR) is 66.1 cm³/mol. The van der Waals surface area contributed by atoms with E-state index in [1.54, 1.807) is 6.07 Å². The van der Waals surface area contributed by atoms with E-state index in [0.717, 1.165) is 11.3 Å². The highest BCUT2D eigenvalue weighted by molar-refractivity contribution is 7.18. The van der Waals surface area contributed by atoms with Crippen LogP contribution in [0.1, 0.15) is 20.0 Å². The predicted octanol–water partition coefficient (Wildman–Crippen LogP) is 2.97. The first-order valence-corrected chi connectivity index (χ1v) is 5.49. The fourth-order valence-electron chi connectivity index (χ4n) is 1.28. The number of hydrogen-bond acceptors (Lipinski definition) is 4. The van der Waals surface area contributed by atoms with E-state index in [-0.39, 0.29) is 11.1 Å². The highest BCUT2D eigenvalue weighted by atomic mass is 35.5. The number of aromatic nitrogens is 2. The molecule has 2 heterocycles. The van der Waals surface area contributed by atoms with Crippen molar-refractivity contribution in [1.29, 1.82) is 0 Å². The van der Waals surface area contributed by atoms with Gasteiger partial charge in [0.15, 0.2) is 0 Å². The summed E-state index contributed by atoms with van der Waals surface area (Å²) in [5, 5.41) is 0.203. The Hall–Kier alpha value is -0.870. The smallest absolute Gasteiger partial charge is 0.225 e. The standard InChI is InChI=1S/C10H12ClN3S/c1-4-6-5-7-8(14(2)3)12-10(11)13-9(7)15-6/h5H,4H2,1-3H3/i2D3,3D3. The molecule has 80 valence electrons. The maximum absolute atomic E-state index is 7.48. The third-order valence-electron chi connectivity index (χ3n) is 1.96. The normalized spacial score (nSPS) is 18.5. The van der Waals surface area contributed by atoms with Crippen molar-refractivity contribution < 1.29 is 8.22 Å². The third-order valence-corrected chi connectivity index (χ3v) is 3.30. The Morgan fingerprint density at radius 3 is 3.00 bits per heavy atom. The quantitative estimate of drug-likeness (QED) is 0.764. The van der Waals surface area contributed by atoms with E-state index in [2.05, 4.69) is 9.97 Å². The van der Waals surface area contributed by atoms with E-state index in [1.807, 2.05) is 6.92 Å². The van der Waals surface area contributed by atoms with Gasteiger partial charge < -0.3 is 4.90 Å². The van der Waals surface area contributed by atoms with Crippen LogP contribution in [0.15, 0.2) is 6.07 Å². The fraction of sp³-hybridized carbons (Fsp3) is 0.400. The van der Waals surface area contributed by atoms with Crippen molar-refractivity contribution in [3.63, 3.8) is 0 Å². The van der Waals surface area contributed by atoms with E-state index in [9.17, 15) is 0 Å². The van der Waals surface area contributed by atoms with Gasteiger partial charge in [0.2, 0.25) is 5.28 Å². The first kappa shape index (κ1) is 5.46. The van der Waals surface area contributed by atoms with E-state index in [1.165, 1.54) is 11.3 Å². The van der Waals surface area contributed by atoms with Crippen LogP contribution in [0.25, 0.3) is 10.2 Å². The van der Waals surface area contributed by atoms with Gasteiger partial charge in [-0.3, -0.25) is 0 Å². The number of fused-ring (bicyclic) bond motifs is 1. The number of aryl methyl sites for hydroxylation is 1. The van der Waals surface area contributed by atoms with Gasteiger partial charge in [0.1, 0.15) is 10.6 Å². The summed E-state index contributed by atoms with van der Waals surface area (Å²) in [6.45, 7) is -3.81. The van der Waals surface area contributed by atoms with Crippen LogP contribution >= 0.6 is 22.9 Å². The van der Waals surface area contributed by atoms with Gasteiger partial charge >= 0.3 is 0 Å². The van der Waals surface area contributed by atoms with Crippen LogP contribution in [0.2, 0.25) is 5.28 Å². The molecule has 15 heavy (non-hydrogen) atoms. The molecule has 0 bridgehead atoms. The first-order valence-electron chi connectivity index (χ1n) is 7.30. The third kappa shape index (κ3) is 1.92. The molecular formula is C10H12ClN3S. The molecule has 2 rings (SSSR count). The Kier molecular flexibility index (Phi) is 1.43. The van der Waals surface area contributed by atoms with Crippen molar-refractivity contribution in [2.24, 2.45) is 0 Å². The van der Waals surface area contributed by atoms with Crippen molar-refractivity contribution in [3.05, 3.63) is 16.2 Å². The second-order valence-electron chi connectivity index (χ2n) is 2.94. The number of rotatable bonds is 2. The van der Waals surface area contributed by atoms with Gasteiger partial charge in [-0.05, 0) is 24.1 Å². The minimum absolute atomic E-state index is 0.180. The number of thiophene rings is 1. The van der Waals surface area contributed by atoms with Gasteiger partial charge in [0.25, 0.3) is 0 Å². The molecule has 0 aliphatic rings. The second-order valence-corrected chi connectivity index (χ2v) is 4.39. The Morgan fingerprint density at radius 2 is 2.33 bits per heavy atom. The molecule has 0 atom stereocenters. The molecule has 0 spiro atoms. The number of nitrogens with zero attached hydrogens (tertiary/aromatic N) is 3. The van der Waals surface area contributed by atoms with Gasteiger partial charge in [0.05, 0.1) is 5.39 Å². The summed E-state index contributed by atoms with van der Waals surface area (Å²) in [5.74, 6) is -0.194. The van der Waals surface area contributed by atoms with Gasteiger partial charge in [-0.2, -0.15) is 4.98 Å². The number of hydrogen-bond donors (Lipinski definition) is 0. The Labute approximate surface area is 106 Å². The molecule has 0 unspecified atom stereocenters. The lowest BCUT2D eigenvalue weighted by Crippen LogP contribution is -2.11. The average Bonchev–Trinajstić information content (AvgIpc) is 2.67. The highest BCUT2D eigenvalue weighted by Crippen LogP contribution is 2.31. The minimum atomic E-state index is -2.87. The lowest BCUT2D eigenvalue weighted by Gasteiger charge is -2.11. The molecule has 0 saturated heterocycles. The zero-order chi connectivity index (χ0) is 16.0. The number of anilines is 1. The van der Waals surface area contributed by atoms with E-state index in [0.29, 0.717) is 15.1 Å². The molecule has 0 saturated carbocycles. The molecule has 0 aliphatic heterocycles. The summed E-state index contributed by atoms with van der Waals surface area (Å²) in [5.41, 5.74) is 0. The van der Waals surface area contributed by atoms with Gasteiger partial charge in [-0.15, -0.1) is 11.3 Å². The Morgan fingerprint density at radius 1 is 1.53 bits per heavy atom. The molecule has 2 aromatic rings. The van der Waals surface area contributed by atoms with Crippen LogP contribution in [-0.4, -0.2) is 23.9 Å². The van der Waals surface area contributed by atoms with E-state index >= 15 is 0 Å². The molecule has 0 radical (unpaired) electrons. The maximum atomic E-state index is 7.48. The molecule has 5 heteroatoms. The minimum Gasteiger partial charge on any atom is -0.362 e. The van der Waals surface area contributed by atoms with Crippen LogP contribution in [0.3, 0.4) is 0 Å². The van der Waals surface area contributed by atoms with Crippen LogP contribution in [0, 0.1) is 0 Å². The molecule has 0 amide bonds. The van der Waals surface area contributed by atoms with Gasteiger partial charge in [-0.1, -0.05) is 6.92 Å². The molecule has 0 N–H and O–H groups in total. The van der Waals surface area contributed by atoms with E-state index < -0.39 is 14.0 Å². The first-order chi connectivity index (χ1) is 9.54. The molecular weight excluding hydrogens is 230 g/mol. The lowest BCUT2D eigenvalue weighted by atomic mass is 10.3. The van der Waals surface area contributed by atoms with E-state index in [4.69, 9.17) is 19.8 Å². The number of halogens is 1. The van der Waals surface area contributed by atoms with Crippen molar-refractivity contribution in [1.82, 2.24) is 9.97 Å². The van der Waals surface area contributed by atoms with Crippen LogP contribution in [0.4, 0.5) is 5.82 Å². The van der Waals surface area contributed by atoms with Crippen molar-refractivity contribution in [2.45, 2.75) is 13.3 Å². The Balaban J connectivity index is 2.76. The SMILES string of the molecule is [2H]C([2H])([2H])N(c1nc(Cl)nc2sc(CC)cc12)C([2H])([2H])[2H]. The van der Waals surface area contributed by atoms with Crippen molar-refractivity contribution >= 4 is 39.0 Å². The maximum Gasteiger partial charge on any atom is 0.225 e. The van der Waals surface area contributed by atoms with Crippen LogP contribution < -0.4 is 4.90 Å². The summed E-state index contributed by atoms with van der Waals surface area (Å²) in [4.78, 5) is 9.63. The topological polar surface area (TPSA) is 29.0 Å². The molecule has 2 aromatic heterocycles. The molecule has 0 aliphatic carbocycles. The highest BCUT2D eigenvalue weighted by Gasteiger charge is 2.11. The van der Waals surface area contributed by atoms with Gasteiger partial charge in [-0.25, -0.2) is 4.98 Å². The fourth-order valence-corrected chi connectivity index (χ4v) is 2.45. The monoisotopic (exact) mass is 247 g/mol. The summed E-state index contributed by atoms with van der Waals surface area (Å²) >= 11 is 7.15. The zero-order valence-corrected chi connectivity index (χ0v) is 9.48. The summed E-state index contributed by atoms with van der Waals surface area (Å²) < 4.78 is 44.9. The molecule has 0 fully saturated rings. The van der Waals surface area contributed by atoms with Gasteiger partial charge in [0, 0.05) is 27.1 Å². The summed E-state index contributed by atoms with van der Waals surface area (Å²) in [6, 6.07) is 1.70. The summed E-state index contributed by atoms with van der Waals surface area (Å²) in [6.07, 6.45) is 0.722. The van der Waals surface area contributed by atoms with Crippen LogP contribution in [-0.2, 0) is 6.42 Å². The zero-order valence-electron chi connectivity index (χ0n) is 13.9. The van der Waals surface area contributed by atoms with Crippen molar-refractivity contribution in [2.75, 3.05) is 18.9 Å². The summed E-state index contributed by atoms with van der Waals surface area (Å²) in [7, 11) is 0. The lowest BCUT2D eigenvalue weighted by molar-refractivity contribution is 1.06. The largest absolute Gasteiger partial charge is 0.362 e. The average molecular weight is 248 g/mol. The second kappa shape index (κ2) is 3.94. The van der Waals surface area contributed by atoms with Crippen LogP contribution in [0.5, 0.6) is 0 Å². The Bertz CT molecular complexity index is 651. The molecule has 3 nitrogen and oxygen atoms in total. The molecule has 0 aromatic carbocycles. The van der Waals surface area contributed by atoms with Crippen molar-refractivity contribution in [3.8, 4) is 0 Å².